The molecular weight excluding hydrogens is 384 g/mol. The van der Waals surface area contributed by atoms with E-state index in [1.54, 1.807) is 19.2 Å². The summed E-state index contributed by atoms with van der Waals surface area (Å²) in [6, 6.07) is 9.08. The third-order valence-corrected chi connectivity index (χ3v) is 3.61. The number of carbonyl (C=O) groups excluding carboxylic acids is 3. The minimum absolute atomic E-state index is 0.0221. The lowest BCUT2D eigenvalue weighted by Crippen LogP contribution is -2.40. The topological polar surface area (TPSA) is 131 Å². The number of carbonyl (C=O) groups is 4. The predicted octanol–water partition coefficient (Wildman–Crippen LogP) is 0.794. The number of aliphatic carboxylic acids is 1. The van der Waals surface area contributed by atoms with Crippen LogP contribution in [0.4, 0.5) is 4.79 Å². The monoisotopic (exact) mass is 410 g/mol. The Kier molecular flexibility index (Phi) is 9.60. The van der Waals surface area contributed by atoms with Crippen molar-refractivity contribution in [2.45, 2.75) is 26.1 Å². The van der Waals surface area contributed by atoms with Gasteiger partial charge in [-0.1, -0.05) is 30.3 Å². The van der Waals surface area contributed by atoms with E-state index in [0.717, 1.165) is 5.56 Å². The van der Waals surface area contributed by atoms with Crippen LogP contribution < -0.4 is 5.32 Å². The van der Waals surface area contributed by atoms with Crippen molar-refractivity contribution < 1.29 is 38.5 Å². The Morgan fingerprint density at radius 2 is 1.72 bits per heavy atom. The number of likely N-dealkylation sites (N-methyl/N-ethyl adjacent to an activating group) is 1. The molecule has 29 heavy (non-hydrogen) atoms. The Bertz CT molecular complexity index is 705. The van der Waals surface area contributed by atoms with Crippen molar-refractivity contribution >= 4 is 24.0 Å². The quantitative estimate of drug-likeness (QED) is 0.401. The average Bonchev–Trinajstić information content (AvgIpc) is 2.64. The molecular formula is C19H26N2O8. The summed E-state index contributed by atoms with van der Waals surface area (Å²) in [5.41, 5.74) is -0.802. The third kappa shape index (κ3) is 10.1. The lowest BCUT2D eigenvalue weighted by molar-refractivity contribution is -0.175. The van der Waals surface area contributed by atoms with Gasteiger partial charge in [0.2, 0.25) is 5.60 Å². The van der Waals surface area contributed by atoms with Crippen LogP contribution in [0.5, 0.6) is 0 Å². The molecule has 0 fully saturated rings. The number of ether oxygens (including phenoxy) is 3. The molecule has 0 unspecified atom stereocenters. The van der Waals surface area contributed by atoms with Crippen LogP contribution in [-0.4, -0.2) is 72.9 Å². The van der Waals surface area contributed by atoms with Crippen LogP contribution in [0.1, 0.15) is 19.4 Å². The highest BCUT2D eigenvalue weighted by atomic mass is 16.6. The van der Waals surface area contributed by atoms with Gasteiger partial charge in [0, 0.05) is 6.54 Å². The number of esters is 2. The minimum atomic E-state index is -1.62. The summed E-state index contributed by atoms with van der Waals surface area (Å²) < 4.78 is 14.8. The summed E-state index contributed by atoms with van der Waals surface area (Å²) in [5, 5.41) is 11.2. The molecule has 0 saturated carbocycles. The molecule has 0 aliphatic carbocycles. The second-order valence-electron chi connectivity index (χ2n) is 6.66. The van der Waals surface area contributed by atoms with Gasteiger partial charge in [-0.05, 0) is 26.5 Å². The summed E-state index contributed by atoms with van der Waals surface area (Å²) >= 11 is 0. The molecule has 10 nitrogen and oxygen atoms in total. The second kappa shape index (κ2) is 11.6. The number of carboxylic acid groups (broad SMARTS) is 1. The fourth-order valence-electron chi connectivity index (χ4n) is 1.94. The zero-order valence-corrected chi connectivity index (χ0v) is 16.7. The molecule has 1 aromatic rings. The summed E-state index contributed by atoms with van der Waals surface area (Å²) in [6.45, 7) is 2.30. The van der Waals surface area contributed by atoms with E-state index in [1.165, 1.54) is 18.7 Å². The van der Waals surface area contributed by atoms with Crippen molar-refractivity contribution in [3.8, 4) is 0 Å². The van der Waals surface area contributed by atoms with Gasteiger partial charge in [-0.3, -0.25) is 14.5 Å². The molecule has 0 spiro atoms. The number of carboxylic acids is 1. The fraction of sp³-hybridized carbons (Fsp3) is 0.474. The number of benzene rings is 1. The van der Waals surface area contributed by atoms with Crippen molar-refractivity contribution in [3.05, 3.63) is 35.9 Å². The highest BCUT2D eigenvalue weighted by Gasteiger charge is 2.31. The Morgan fingerprint density at radius 1 is 1.07 bits per heavy atom. The Labute approximate surface area is 168 Å². The second-order valence-corrected chi connectivity index (χ2v) is 6.66. The molecule has 0 aromatic heterocycles. The van der Waals surface area contributed by atoms with Crippen LogP contribution in [0.3, 0.4) is 0 Å². The third-order valence-electron chi connectivity index (χ3n) is 3.61. The van der Waals surface area contributed by atoms with Crippen LogP contribution in [0.15, 0.2) is 30.3 Å². The van der Waals surface area contributed by atoms with Gasteiger partial charge in [-0.15, -0.1) is 0 Å². The van der Waals surface area contributed by atoms with Crippen molar-refractivity contribution in [3.63, 3.8) is 0 Å². The molecule has 1 aromatic carbocycles. The molecule has 0 aliphatic rings. The van der Waals surface area contributed by atoms with Gasteiger partial charge in [0.1, 0.15) is 19.8 Å². The summed E-state index contributed by atoms with van der Waals surface area (Å²) in [4.78, 5) is 47.3. The molecule has 0 heterocycles. The SMILES string of the molecule is CN(CCOC(=O)CNC(=O)OCc1ccccc1)CC(=O)OC(C)(C)C(=O)O. The van der Waals surface area contributed by atoms with E-state index in [-0.39, 0.29) is 32.8 Å². The first kappa shape index (κ1) is 23.9. The first-order valence-corrected chi connectivity index (χ1v) is 8.84. The van der Waals surface area contributed by atoms with E-state index < -0.39 is 29.6 Å². The molecule has 0 bridgehead atoms. The number of amides is 1. The summed E-state index contributed by atoms with van der Waals surface area (Å²) in [6.07, 6.45) is -0.744. The highest BCUT2D eigenvalue weighted by molar-refractivity contribution is 5.81. The largest absolute Gasteiger partial charge is 0.478 e. The Morgan fingerprint density at radius 3 is 2.34 bits per heavy atom. The van der Waals surface area contributed by atoms with Gasteiger partial charge in [0.25, 0.3) is 0 Å². The normalized spacial score (nSPS) is 10.9. The summed E-state index contributed by atoms with van der Waals surface area (Å²) in [5.74, 6) is -2.63. The zero-order valence-electron chi connectivity index (χ0n) is 16.7. The highest BCUT2D eigenvalue weighted by Crippen LogP contribution is 2.09. The van der Waals surface area contributed by atoms with Crippen LogP contribution in [0, 0.1) is 0 Å². The van der Waals surface area contributed by atoms with E-state index in [0.29, 0.717) is 0 Å². The van der Waals surface area contributed by atoms with Crippen molar-refractivity contribution in [1.82, 2.24) is 10.2 Å². The number of rotatable bonds is 11. The first-order valence-electron chi connectivity index (χ1n) is 8.84. The van der Waals surface area contributed by atoms with E-state index in [4.69, 9.17) is 19.3 Å². The number of nitrogens with zero attached hydrogens (tertiary/aromatic N) is 1. The van der Waals surface area contributed by atoms with Crippen molar-refractivity contribution in [2.24, 2.45) is 0 Å². The minimum Gasteiger partial charge on any atom is -0.478 e. The fourth-order valence-corrected chi connectivity index (χ4v) is 1.94. The number of alkyl carbamates (subject to hydrolysis) is 1. The maximum atomic E-state index is 11.7. The molecule has 2 N–H and O–H groups in total. The van der Waals surface area contributed by atoms with Crippen molar-refractivity contribution in [1.29, 1.82) is 0 Å². The van der Waals surface area contributed by atoms with Crippen molar-refractivity contribution in [2.75, 3.05) is 33.3 Å². The smallest absolute Gasteiger partial charge is 0.407 e. The standard InChI is InChI=1S/C19H26N2O8/c1-19(2,17(24)25)29-16(23)12-21(3)9-10-27-15(22)11-20-18(26)28-13-14-7-5-4-6-8-14/h4-8H,9-13H2,1-3H3,(H,20,26)(H,24,25). The van der Waals surface area contributed by atoms with Gasteiger partial charge >= 0.3 is 24.0 Å². The maximum Gasteiger partial charge on any atom is 0.407 e. The summed E-state index contributed by atoms with van der Waals surface area (Å²) in [7, 11) is 1.59. The number of hydrogen-bond donors (Lipinski definition) is 2. The number of hydrogen-bond acceptors (Lipinski definition) is 8. The van der Waals surface area contributed by atoms with Crippen LogP contribution in [-0.2, 0) is 35.2 Å². The number of nitrogens with one attached hydrogen (secondary N) is 1. The first-order chi connectivity index (χ1) is 13.6. The molecule has 1 rings (SSSR count). The van der Waals surface area contributed by atoms with Gasteiger partial charge in [0.15, 0.2) is 0 Å². The lowest BCUT2D eigenvalue weighted by atomic mass is 10.1. The van der Waals surface area contributed by atoms with Crippen LogP contribution >= 0.6 is 0 Å². The predicted molar refractivity (Wildman–Crippen MR) is 101 cm³/mol. The van der Waals surface area contributed by atoms with Gasteiger partial charge in [0.05, 0.1) is 6.54 Å². The van der Waals surface area contributed by atoms with Crippen LogP contribution in [0.25, 0.3) is 0 Å². The maximum absolute atomic E-state index is 11.7. The molecule has 0 aliphatic heterocycles. The van der Waals surface area contributed by atoms with E-state index in [9.17, 15) is 19.2 Å². The van der Waals surface area contributed by atoms with E-state index >= 15 is 0 Å². The lowest BCUT2D eigenvalue weighted by Gasteiger charge is -2.22. The van der Waals surface area contributed by atoms with Gasteiger partial charge < -0.3 is 24.6 Å². The van der Waals surface area contributed by atoms with Crippen LogP contribution in [0.2, 0.25) is 0 Å². The van der Waals surface area contributed by atoms with E-state index in [2.05, 4.69) is 5.32 Å². The van der Waals surface area contributed by atoms with Gasteiger partial charge in [-0.25, -0.2) is 9.59 Å². The molecule has 0 radical (unpaired) electrons. The molecule has 0 atom stereocenters. The molecule has 10 heteroatoms. The molecule has 1 amide bonds. The Hall–Kier alpha value is -3.14. The molecule has 160 valence electrons. The molecule has 0 saturated heterocycles. The Balaban J connectivity index is 2.17. The van der Waals surface area contributed by atoms with Gasteiger partial charge in [-0.2, -0.15) is 0 Å². The average molecular weight is 410 g/mol. The van der Waals surface area contributed by atoms with E-state index in [1.807, 2.05) is 18.2 Å². The zero-order chi connectivity index (χ0) is 21.9.